The highest BCUT2D eigenvalue weighted by Crippen LogP contribution is 2.45. The van der Waals surface area contributed by atoms with Gasteiger partial charge in [-0.1, -0.05) is 18.1 Å². The molecule has 5 rings (SSSR count). The van der Waals surface area contributed by atoms with E-state index in [1.165, 1.54) is 24.8 Å². The first-order valence-electron chi connectivity index (χ1n) is 10.9. The molecular weight excluding hydrogens is 377 g/mol. The highest BCUT2D eigenvalue weighted by Gasteiger charge is 2.46. The predicted molar refractivity (Wildman–Crippen MR) is 104 cm³/mol. The Kier molecular flexibility index (Phi) is 4.93. The van der Waals surface area contributed by atoms with Gasteiger partial charge in [0.25, 0.3) is 0 Å². The summed E-state index contributed by atoms with van der Waals surface area (Å²) in [7, 11) is 0. The smallest absolute Gasteiger partial charge is 0.227 e. The Morgan fingerprint density at radius 2 is 1.86 bits per heavy atom. The van der Waals surface area contributed by atoms with E-state index in [4.69, 9.17) is 0 Å². The Morgan fingerprint density at radius 1 is 1.03 bits per heavy atom. The summed E-state index contributed by atoms with van der Waals surface area (Å²) in [5, 5.41) is 0. The maximum atomic E-state index is 14.1. The fourth-order valence-electron chi connectivity index (χ4n) is 6.22. The van der Waals surface area contributed by atoms with E-state index >= 15 is 0 Å². The van der Waals surface area contributed by atoms with Gasteiger partial charge >= 0.3 is 0 Å². The number of rotatable bonds is 2. The van der Waals surface area contributed by atoms with Crippen LogP contribution in [0.4, 0.5) is 13.2 Å². The molecule has 0 radical (unpaired) electrons. The van der Waals surface area contributed by atoms with Crippen LogP contribution in [0.25, 0.3) is 0 Å². The van der Waals surface area contributed by atoms with E-state index in [1.54, 1.807) is 0 Å². The first-order valence-corrected chi connectivity index (χ1v) is 10.9. The Labute approximate surface area is 169 Å². The topological polar surface area (TPSA) is 23.6 Å². The van der Waals surface area contributed by atoms with Gasteiger partial charge in [-0.25, -0.2) is 13.2 Å². The molecule has 0 aromatic heterocycles. The number of hydrogen-bond acceptors (Lipinski definition) is 2. The first-order chi connectivity index (χ1) is 14.0. The summed E-state index contributed by atoms with van der Waals surface area (Å²) < 4.78 is 40.9. The van der Waals surface area contributed by atoms with Crippen LogP contribution in [0.15, 0.2) is 23.8 Å². The molecule has 4 aliphatic rings. The molecule has 6 heteroatoms. The molecule has 2 bridgehead atoms. The van der Waals surface area contributed by atoms with Crippen molar-refractivity contribution in [2.45, 2.75) is 57.0 Å². The summed E-state index contributed by atoms with van der Waals surface area (Å²) in [6.07, 6.45) is 9.06. The van der Waals surface area contributed by atoms with E-state index in [0.717, 1.165) is 38.4 Å². The molecule has 3 saturated heterocycles. The molecule has 4 atom stereocenters. The lowest BCUT2D eigenvalue weighted by Crippen LogP contribution is -2.60. The van der Waals surface area contributed by atoms with Crippen molar-refractivity contribution in [3.05, 3.63) is 46.8 Å². The van der Waals surface area contributed by atoms with Gasteiger partial charge in [-0.3, -0.25) is 9.69 Å². The van der Waals surface area contributed by atoms with Crippen molar-refractivity contribution in [1.29, 1.82) is 0 Å². The highest BCUT2D eigenvalue weighted by atomic mass is 19.2. The van der Waals surface area contributed by atoms with Crippen LogP contribution in [0.1, 0.15) is 44.1 Å². The molecule has 1 amide bonds. The minimum atomic E-state index is -1.22. The lowest BCUT2D eigenvalue weighted by molar-refractivity contribution is -0.135. The van der Waals surface area contributed by atoms with Crippen LogP contribution in [-0.2, 0) is 11.2 Å². The Balaban J connectivity index is 1.39. The molecule has 0 N–H and O–H groups in total. The molecule has 0 saturated carbocycles. The number of likely N-dealkylation sites (tertiary alicyclic amines) is 1. The largest absolute Gasteiger partial charge is 0.335 e. The van der Waals surface area contributed by atoms with Crippen molar-refractivity contribution < 1.29 is 18.0 Å². The van der Waals surface area contributed by atoms with Crippen LogP contribution in [0.3, 0.4) is 0 Å². The second-order valence-electron chi connectivity index (χ2n) is 9.13. The minimum absolute atomic E-state index is 0.0709. The fourth-order valence-corrected chi connectivity index (χ4v) is 6.22. The Bertz CT molecular complexity index is 855. The van der Waals surface area contributed by atoms with Crippen molar-refractivity contribution in [2.75, 3.05) is 19.6 Å². The van der Waals surface area contributed by atoms with Crippen LogP contribution in [0, 0.1) is 29.3 Å². The van der Waals surface area contributed by atoms with Crippen molar-refractivity contribution in [3.63, 3.8) is 0 Å². The fraction of sp³-hybridized carbons (Fsp3) is 0.609. The zero-order chi connectivity index (χ0) is 20.1. The third kappa shape index (κ3) is 3.39. The zero-order valence-corrected chi connectivity index (χ0v) is 16.5. The van der Waals surface area contributed by atoms with Gasteiger partial charge in [0.1, 0.15) is 5.82 Å². The van der Waals surface area contributed by atoms with Crippen molar-refractivity contribution in [1.82, 2.24) is 9.80 Å². The van der Waals surface area contributed by atoms with Gasteiger partial charge in [-0.2, -0.15) is 0 Å². The maximum absolute atomic E-state index is 14.1. The molecule has 3 fully saturated rings. The second kappa shape index (κ2) is 7.46. The number of carbonyl (C=O) groups is 1. The zero-order valence-electron chi connectivity index (χ0n) is 16.5. The normalized spacial score (nSPS) is 31.7. The van der Waals surface area contributed by atoms with E-state index in [0.29, 0.717) is 30.5 Å². The molecular formula is C23H27F3N2O. The number of hydrogen-bond donors (Lipinski definition) is 0. The van der Waals surface area contributed by atoms with Gasteiger partial charge in [0, 0.05) is 30.8 Å². The molecule has 1 aliphatic carbocycles. The molecule has 29 heavy (non-hydrogen) atoms. The van der Waals surface area contributed by atoms with Crippen LogP contribution in [0.5, 0.6) is 0 Å². The average Bonchev–Trinajstić information content (AvgIpc) is 2.71. The molecule has 3 heterocycles. The van der Waals surface area contributed by atoms with Gasteiger partial charge in [0.15, 0.2) is 11.6 Å². The van der Waals surface area contributed by atoms with Crippen LogP contribution in [0.2, 0.25) is 0 Å². The van der Waals surface area contributed by atoms with E-state index in [-0.39, 0.29) is 23.9 Å². The molecule has 1 aromatic rings. The number of halogens is 3. The summed E-state index contributed by atoms with van der Waals surface area (Å²) in [6, 6.07) is 2.07. The lowest BCUT2D eigenvalue weighted by Gasteiger charge is -2.54. The summed E-state index contributed by atoms with van der Waals surface area (Å²) in [4.78, 5) is 17.6. The number of piperidine rings is 3. The summed E-state index contributed by atoms with van der Waals surface area (Å²) in [5.41, 5.74) is 1.29. The van der Waals surface area contributed by atoms with Gasteiger partial charge in [0.2, 0.25) is 5.91 Å². The number of amides is 1. The van der Waals surface area contributed by atoms with E-state index in [9.17, 15) is 18.0 Å². The van der Waals surface area contributed by atoms with E-state index < -0.39 is 17.5 Å². The van der Waals surface area contributed by atoms with E-state index in [2.05, 4.69) is 11.0 Å². The van der Waals surface area contributed by atoms with Gasteiger partial charge in [0.05, 0.1) is 12.5 Å². The van der Waals surface area contributed by atoms with Crippen LogP contribution < -0.4 is 0 Å². The Hall–Kier alpha value is -1.82. The summed E-state index contributed by atoms with van der Waals surface area (Å²) in [6.45, 7) is 2.81. The van der Waals surface area contributed by atoms with Crippen LogP contribution in [-0.4, -0.2) is 47.4 Å². The summed E-state index contributed by atoms with van der Waals surface area (Å²) in [5.74, 6) is -2.39. The molecule has 0 spiro atoms. The minimum Gasteiger partial charge on any atom is -0.335 e. The van der Waals surface area contributed by atoms with Crippen molar-refractivity contribution in [3.8, 4) is 0 Å². The second-order valence-corrected chi connectivity index (χ2v) is 9.13. The van der Waals surface area contributed by atoms with Crippen molar-refractivity contribution in [2.24, 2.45) is 11.8 Å². The Morgan fingerprint density at radius 3 is 2.72 bits per heavy atom. The SMILES string of the molecule is O=C(Cc1cc(F)c(F)cc1F)N1CCCC2=CC3CC(CN4CCCCC34)C21. The van der Waals surface area contributed by atoms with Gasteiger partial charge < -0.3 is 4.90 Å². The third-order valence-electron chi connectivity index (χ3n) is 7.41. The standard InChI is InChI=1S/C23H27F3N2O/c24-18-12-20(26)19(25)10-15(18)11-22(29)28-7-3-4-14-8-16-9-17(23(14)28)13-27-6-2-1-5-21(16)27/h8,10,12,16-17,21,23H,1-7,9,11,13H2. The maximum Gasteiger partial charge on any atom is 0.227 e. The van der Waals surface area contributed by atoms with Gasteiger partial charge in [-0.15, -0.1) is 0 Å². The molecule has 4 unspecified atom stereocenters. The van der Waals surface area contributed by atoms with E-state index in [1.807, 2.05) is 4.90 Å². The van der Waals surface area contributed by atoms with Crippen LogP contribution >= 0.6 is 0 Å². The van der Waals surface area contributed by atoms with Gasteiger partial charge in [-0.05, 0) is 56.6 Å². The predicted octanol–water partition coefficient (Wildman–Crippen LogP) is 4.07. The molecule has 3 aliphatic heterocycles. The number of carbonyl (C=O) groups excluding carboxylic acids is 1. The third-order valence-corrected chi connectivity index (χ3v) is 7.41. The monoisotopic (exact) mass is 404 g/mol. The number of benzene rings is 1. The molecule has 156 valence electrons. The first kappa shape index (κ1) is 19.2. The molecule has 3 nitrogen and oxygen atoms in total. The number of nitrogens with zero attached hydrogens (tertiary/aromatic N) is 2. The average molecular weight is 404 g/mol. The quantitative estimate of drug-likeness (QED) is 0.548. The highest BCUT2D eigenvalue weighted by molar-refractivity contribution is 5.80. The number of fused-ring (bicyclic) bond motifs is 6. The summed E-state index contributed by atoms with van der Waals surface area (Å²) >= 11 is 0. The lowest BCUT2D eigenvalue weighted by atomic mass is 9.68. The molecule has 1 aromatic carbocycles. The van der Waals surface area contributed by atoms with Crippen molar-refractivity contribution >= 4 is 5.91 Å².